The van der Waals surface area contributed by atoms with Crippen LogP contribution in [-0.4, -0.2) is 74.4 Å². The third kappa shape index (κ3) is 5.97. The Balaban J connectivity index is 1.04. The molecule has 1 saturated heterocycles. The summed E-state index contributed by atoms with van der Waals surface area (Å²) in [7, 11) is 5.19. The molecule has 0 bridgehead atoms. The number of hydrogen-bond donors (Lipinski definition) is 2. The maximum atomic E-state index is 11.3. The first-order valence-electron chi connectivity index (χ1n) is 16.7. The lowest BCUT2D eigenvalue weighted by Crippen LogP contribution is -2.37. The van der Waals surface area contributed by atoms with E-state index in [0.29, 0.717) is 25.4 Å². The first-order chi connectivity index (χ1) is 24.0. The first-order valence-corrected chi connectivity index (χ1v) is 16.7. The summed E-state index contributed by atoms with van der Waals surface area (Å²) < 4.78 is 21.3. The standard InChI is InChI=1S/C37H40N8O4/c1-43-14-11-30(42-43)29-20-45(37-35(29)36(39-22-40-37)38-19-24-6-8-27(47-2)18-33(24)48-3)26-15-25(32(46)16-26)21-49-28-9-5-23-7-10-34(41-31(23)17-28)44-12-4-13-44/h5-11,14,17-18,20,22,25-26,32,46H,4,12-13,15-16,19,21H2,1-3H3,(H,38,39,40)/t25-,26-,32+/m1/s1. The molecule has 4 aromatic heterocycles. The molecular weight excluding hydrogens is 620 g/mol. The fraction of sp³-hybridized carbons (Fsp3) is 0.351. The minimum absolute atomic E-state index is 0.0188. The van der Waals surface area contributed by atoms with E-state index in [1.54, 1.807) is 25.2 Å². The lowest BCUT2D eigenvalue weighted by Gasteiger charge is -2.32. The number of pyridine rings is 1. The number of aromatic nitrogens is 6. The van der Waals surface area contributed by atoms with Gasteiger partial charge in [-0.25, -0.2) is 15.0 Å². The zero-order chi connectivity index (χ0) is 33.5. The number of fused-ring (bicyclic) bond motifs is 2. The molecule has 49 heavy (non-hydrogen) atoms. The Morgan fingerprint density at radius 2 is 1.82 bits per heavy atom. The predicted octanol–water partition coefficient (Wildman–Crippen LogP) is 5.61. The van der Waals surface area contributed by atoms with Gasteiger partial charge in [-0.1, -0.05) is 0 Å². The van der Waals surface area contributed by atoms with E-state index >= 15 is 0 Å². The van der Waals surface area contributed by atoms with Crippen LogP contribution < -0.4 is 24.4 Å². The van der Waals surface area contributed by atoms with E-state index in [-0.39, 0.29) is 12.0 Å². The van der Waals surface area contributed by atoms with E-state index in [4.69, 9.17) is 29.3 Å². The number of aryl methyl sites for hydroxylation is 1. The number of nitrogens with zero attached hydrogens (tertiary/aromatic N) is 7. The molecule has 2 aliphatic rings. The molecule has 2 N–H and O–H groups in total. The highest BCUT2D eigenvalue weighted by Crippen LogP contribution is 2.41. The number of ether oxygens (including phenoxy) is 3. The molecule has 5 heterocycles. The van der Waals surface area contributed by atoms with Gasteiger partial charge in [0.05, 0.1) is 43.5 Å². The maximum absolute atomic E-state index is 11.3. The van der Waals surface area contributed by atoms with Crippen molar-refractivity contribution in [3.8, 4) is 28.5 Å². The van der Waals surface area contributed by atoms with Crippen molar-refractivity contribution < 1.29 is 19.3 Å². The second-order valence-electron chi connectivity index (χ2n) is 12.9. The van der Waals surface area contributed by atoms with Crippen molar-refractivity contribution in [2.75, 3.05) is 44.1 Å². The maximum Gasteiger partial charge on any atom is 0.146 e. The first kappa shape index (κ1) is 30.9. The summed E-state index contributed by atoms with van der Waals surface area (Å²) in [5.41, 5.74) is 4.43. The van der Waals surface area contributed by atoms with Gasteiger partial charge in [-0.15, -0.1) is 0 Å². The van der Waals surface area contributed by atoms with Crippen molar-refractivity contribution in [3.63, 3.8) is 0 Å². The molecule has 8 rings (SSSR count). The molecule has 2 fully saturated rings. The molecule has 252 valence electrons. The van der Waals surface area contributed by atoms with Crippen LogP contribution in [0.5, 0.6) is 17.2 Å². The second-order valence-corrected chi connectivity index (χ2v) is 12.9. The number of aliphatic hydroxyl groups is 1. The molecule has 0 radical (unpaired) electrons. The normalized spacial score (nSPS) is 18.9. The van der Waals surface area contributed by atoms with Crippen molar-refractivity contribution in [2.24, 2.45) is 13.0 Å². The van der Waals surface area contributed by atoms with Crippen molar-refractivity contribution in [1.29, 1.82) is 0 Å². The van der Waals surface area contributed by atoms with Gasteiger partial charge in [0.15, 0.2) is 0 Å². The third-order valence-corrected chi connectivity index (χ3v) is 9.86. The lowest BCUT2D eigenvalue weighted by molar-refractivity contribution is 0.0983. The molecule has 2 aromatic carbocycles. The summed E-state index contributed by atoms with van der Waals surface area (Å²) in [5, 5.41) is 21.5. The molecule has 6 aromatic rings. The third-order valence-electron chi connectivity index (χ3n) is 9.86. The van der Waals surface area contributed by atoms with Gasteiger partial charge >= 0.3 is 0 Å². The quantitative estimate of drug-likeness (QED) is 0.181. The number of anilines is 2. The van der Waals surface area contributed by atoms with E-state index in [1.807, 2.05) is 55.7 Å². The number of rotatable bonds is 11. The summed E-state index contributed by atoms with van der Waals surface area (Å²) in [5.74, 6) is 3.88. The van der Waals surface area contributed by atoms with E-state index in [2.05, 4.69) is 38.1 Å². The van der Waals surface area contributed by atoms with Crippen LogP contribution in [0.4, 0.5) is 11.6 Å². The monoisotopic (exact) mass is 660 g/mol. The SMILES string of the molecule is COc1ccc(CNc2ncnc3c2c(-c2ccn(C)n2)cn3[C@@H]2C[C@H](COc3ccc4ccc(N5CCC5)nc4c3)[C@@H](O)C2)c(OC)c1. The molecule has 0 amide bonds. The van der Waals surface area contributed by atoms with Gasteiger partial charge in [0.1, 0.15) is 40.9 Å². The zero-order valence-electron chi connectivity index (χ0n) is 27.9. The fourth-order valence-corrected chi connectivity index (χ4v) is 7.01. The van der Waals surface area contributed by atoms with Crippen molar-refractivity contribution >= 4 is 33.6 Å². The van der Waals surface area contributed by atoms with Gasteiger partial charge in [0.2, 0.25) is 0 Å². The van der Waals surface area contributed by atoms with Gasteiger partial charge in [-0.2, -0.15) is 5.10 Å². The van der Waals surface area contributed by atoms with E-state index in [9.17, 15) is 5.11 Å². The average Bonchev–Trinajstić information content (AvgIpc) is 3.81. The van der Waals surface area contributed by atoms with Crippen molar-refractivity contribution in [1.82, 2.24) is 29.3 Å². The topological polar surface area (TPSA) is 125 Å². The van der Waals surface area contributed by atoms with Crippen LogP contribution in [0, 0.1) is 5.92 Å². The Morgan fingerprint density at radius 3 is 2.59 bits per heavy atom. The number of benzene rings is 2. The molecule has 1 aliphatic heterocycles. The molecule has 0 unspecified atom stereocenters. The summed E-state index contributed by atoms with van der Waals surface area (Å²) in [6.45, 7) is 3.00. The average molecular weight is 661 g/mol. The van der Waals surface area contributed by atoms with Crippen LogP contribution in [0.3, 0.4) is 0 Å². The second kappa shape index (κ2) is 12.9. The molecule has 1 aliphatic carbocycles. The van der Waals surface area contributed by atoms with Crippen molar-refractivity contribution in [3.05, 3.63) is 78.9 Å². The smallest absolute Gasteiger partial charge is 0.146 e. The van der Waals surface area contributed by atoms with Gasteiger partial charge < -0.3 is 34.1 Å². The summed E-state index contributed by atoms with van der Waals surface area (Å²) >= 11 is 0. The highest BCUT2D eigenvalue weighted by atomic mass is 16.5. The zero-order valence-corrected chi connectivity index (χ0v) is 27.9. The Kier molecular flexibility index (Phi) is 8.16. The highest BCUT2D eigenvalue weighted by molar-refractivity contribution is 6.00. The Hall–Kier alpha value is -5.36. The summed E-state index contributed by atoms with van der Waals surface area (Å²) in [4.78, 5) is 16.6. The van der Waals surface area contributed by atoms with Crippen LogP contribution in [0.1, 0.15) is 30.9 Å². The molecule has 1 saturated carbocycles. The van der Waals surface area contributed by atoms with Crippen LogP contribution >= 0.6 is 0 Å². The minimum Gasteiger partial charge on any atom is -0.497 e. The molecule has 0 spiro atoms. The number of nitrogens with one attached hydrogen (secondary N) is 1. The summed E-state index contributed by atoms with van der Waals surface area (Å²) in [6, 6.07) is 18.0. The van der Waals surface area contributed by atoms with E-state index in [1.165, 1.54) is 6.42 Å². The van der Waals surface area contributed by atoms with Crippen LogP contribution in [0.15, 0.2) is 73.3 Å². The van der Waals surface area contributed by atoms with Gasteiger partial charge in [0, 0.05) is 79.7 Å². The lowest BCUT2D eigenvalue weighted by atomic mass is 10.1. The fourth-order valence-electron chi connectivity index (χ4n) is 7.01. The van der Waals surface area contributed by atoms with E-state index in [0.717, 1.165) is 81.3 Å². The number of aliphatic hydroxyl groups excluding tert-OH is 1. The minimum atomic E-state index is -0.515. The summed E-state index contributed by atoms with van der Waals surface area (Å²) in [6.07, 6.45) is 7.65. The Bertz CT molecular complexity index is 2120. The Labute approximate surface area is 284 Å². The number of hydrogen-bond acceptors (Lipinski definition) is 10. The van der Waals surface area contributed by atoms with Crippen molar-refractivity contribution in [2.45, 2.75) is 38.0 Å². The van der Waals surface area contributed by atoms with Crippen LogP contribution in [0.2, 0.25) is 0 Å². The molecule has 12 heteroatoms. The van der Waals surface area contributed by atoms with Gasteiger partial charge in [-0.05, 0) is 61.7 Å². The highest BCUT2D eigenvalue weighted by Gasteiger charge is 2.36. The Morgan fingerprint density at radius 1 is 0.959 bits per heavy atom. The van der Waals surface area contributed by atoms with Crippen LogP contribution in [-0.2, 0) is 13.6 Å². The van der Waals surface area contributed by atoms with E-state index < -0.39 is 6.10 Å². The predicted molar refractivity (Wildman–Crippen MR) is 188 cm³/mol. The molecule has 3 atom stereocenters. The largest absolute Gasteiger partial charge is 0.497 e. The van der Waals surface area contributed by atoms with Crippen LogP contribution in [0.25, 0.3) is 33.2 Å². The molecule has 12 nitrogen and oxygen atoms in total. The van der Waals surface area contributed by atoms with Gasteiger partial charge in [-0.3, -0.25) is 4.68 Å². The number of methoxy groups -OCH3 is 2. The van der Waals surface area contributed by atoms with Gasteiger partial charge in [0.25, 0.3) is 0 Å². The molecular formula is C37H40N8O4.